The SMILES string of the molecule is N=C/C(=C\NCC1CO1)c1cnc2c(c1)NC(Cl)C=C2. The quantitative estimate of drug-likeness (QED) is 0.336. The second-order valence-corrected chi connectivity index (χ2v) is 5.14. The van der Waals surface area contributed by atoms with Crippen molar-refractivity contribution in [2.45, 2.75) is 11.6 Å². The average molecular weight is 291 g/mol. The van der Waals surface area contributed by atoms with Crippen LogP contribution in [0.3, 0.4) is 0 Å². The van der Waals surface area contributed by atoms with Gasteiger partial charge in [-0.1, -0.05) is 11.6 Å². The van der Waals surface area contributed by atoms with E-state index in [0.717, 1.165) is 35.7 Å². The number of alkyl halides is 1. The van der Waals surface area contributed by atoms with E-state index in [1.807, 2.05) is 24.4 Å². The number of hydrogen-bond donors (Lipinski definition) is 3. The zero-order chi connectivity index (χ0) is 13.9. The van der Waals surface area contributed by atoms with Gasteiger partial charge in [-0.05, 0) is 18.2 Å². The van der Waals surface area contributed by atoms with Gasteiger partial charge in [0.1, 0.15) is 5.50 Å². The smallest absolute Gasteiger partial charge is 0.120 e. The van der Waals surface area contributed by atoms with Crippen LogP contribution in [0, 0.1) is 5.41 Å². The number of nitrogens with one attached hydrogen (secondary N) is 3. The van der Waals surface area contributed by atoms with Gasteiger partial charge < -0.3 is 20.8 Å². The number of epoxide rings is 1. The maximum Gasteiger partial charge on any atom is 0.120 e. The van der Waals surface area contributed by atoms with Crippen LogP contribution in [0.4, 0.5) is 5.69 Å². The monoisotopic (exact) mass is 290 g/mol. The maximum atomic E-state index is 7.53. The highest BCUT2D eigenvalue weighted by Crippen LogP contribution is 2.25. The molecule has 2 aliphatic rings. The Balaban J connectivity index is 1.79. The van der Waals surface area contributed by atoms with Gasteiger partial charge in [-0.3, -0.25) is 4.98 Å². The van der Waals surface area contributed by atoms with Crippen molar-refractivity contribution in [1.29, 1.82) is 5.41 Å². The number of ether oxygens (including phenoxy) is 1. The van der Waals surface area contributed by atoms with E-state index in [4.69, 9.17) is 21.7 Å². The molecule has 1 aromatic heterocycles. The molecule has 2 unspecified atom stereocenters. The van der Waals surface area contributed by atoms with Gasteiger partial charge in [0.25, 0.3) is 0 Å². The summed E-state index contributed by atoms with van der Waals surface area (Å²) >= 11 is 6.02. The normalized spacial score (nSPS) is 23.8. The Morgan fingerprint density at radius 3 is 3.25 bits per heavy atom. The van der Waals surface area contributed by atoms with Gasteiger partial charge in [0.05, 0.1) is 24.1 Å². The summed E-state index contributed by atoms with van der Waals surface area (Å²) in [5.74, 6) is 0. The lowest BCUT2D eigenvalue weighted by Gasteiger charge is -2.17. The summed E-state index contributed by atoms with van der Waals surface area (Å²) in [4.78, 5) is 4.37. The Hall–Kier alpha value is -1.85. The molecule has 2 aliphatic heterocycles. The van der Waals surface area contributed by atoms with Gasteiger partial charge in [0, 0.05) is 36.3 Å². The van der Waals surface area contributed by atoms with Crippen LogP contribution >= 0.6 is 11.6 Å². The minimum absolute atomic E-state index is 0.225. The first-order valence-electron chi connectivity index (χ1n) is 6.41. The lowest BCUT2D eigenvalue weighted by Crippen LogP contribution is -2.15. The maximum absolute atomic E-state index is 7.53. The molecule has 0 radical (unpaired) electrons. The molecule has 3 rings (SSSR count). The molecule has 3 N–H and O–H groups in total. The zero-order valence-corrected chi connectivity index (χ0v) is 11.5. The van der Waals surface area contributed by atoms with Crippen molar-refractivity contribution < 1.29 is 4.74 Å². The molecular formula is C14H15ClN4O. The van der Waals surface area contributed by atoms with Crippen LogP contribution in [0.1, 0.15) is 11.3 Å². The summed E-state index contributed by atoms with van der Waals surface area (Å²) in [6, 6.07) is 1.95. The van der Waals surface area contributed by atoms with Crippen LogP contribution in [-0.2, 0) is 4.74 Å². The molecule has 3 heterocycles. The molecule has 2 atom stereocenters. The van der Waals surface area contributed by atoms with Crippen molar-refractivity contribution in [3.05, 3.63) is 35.8 Å². The number of fused-ring (bicyclic) bond motifs is 1. The van der Waals surface area contributed by atoms with Gasteiger partial charge in [-0.25, -0.2) is 0 Å². The van der Waals surface area contributed by atoms with Gasteiger partial charge in [-0.2, -0.15) is 0 Å². The van der Waals surface area contributed by atoms with Crippen LogP contribution in [0.2, 0.25) is 0 Å². The van der Waals surface area contributed by atoms with Gasteiger partial charge >= 0.3 is 0 Å². The Morgan fingerprint density at radius 2 is 2.50 bits per heavy atom. The van der Waals surface area contributed by atoms with Crippen molar-refractivity contribution in [2.24, 2.45) is 0 Å². The summed E-state index contributed by atoms with van der Waals surface area (Å²) in [7, 11) is 0. The molecule has 1 aromatic rings. The number of allylic oxidation sites excluding steroid dienone is 1. The number of anilines is 1. The fourth-order valence-corrected chi connectivity index (χ4v) is 2.14. The Labute approximate surface area is 122 Å². The molecule has 104 valence electrons. The summed E-state index contributed by atoms with van der Waals surface area (Å²) in [5, 5.41) is 13.8. The topological polar surface area (TPSA) is 73.3 Å². The molecule has 0 amide bonds. The van der Waals surface area contributed by atoms with E-state index in [2.05, 4.69) is 15.6 Å². The second-order valence-electron chi connectivity index (χ2n) is 4.67. The first-order valence-corrected chi connectivity index (χ1v) is 6.85. The fourth-order valence-electron chi connectivity index (χ4n) is 1.95. The van der Waals surface area contributed by atoms with Crippen molar-refractivity contribution in [2.75, 3.05) is 18.5 Å². The number of rotatable bonds is 5. The van der Waals surface area contributed by atoms with Gasteiger partial charge in [0.2, 0.25) is 0 Å². The highest BCUT2D eigenvalue weighted by molar-refractivity contribution is 6.23. The third kappa shape index (κ3) is 3.00. The van der Waals surface area contributed by atoms with Crippen LogP contribution in [0.15, 0.2) is 24.5 Å². The Kier molecular flexibility index (Phi) is 3.71. The zero-order valence-electron chi connectivity index (χ0n) is 10.8. The fraction of sp³-hybridized carbons (Fsp3) is 0.286. The molecule has 1 saturated heterocycles. The van der Waals surface area contributed by atoms with Crippen molar-refractivity contribution in [3.8, 4) is 0 Å². The minimum atomic E-state index is -0.225. The van der Waals surface area contributed by atoms with E-state index in [1.165, 1.54) is 6.21 Å². The number of aromatic nitrogens is 1. The summed E-state index contributed by atoms with van der Waals surface area (Å²) < 4.78 is 5.12. The largest absolute Gasteiger partial charge is 0.388 e. The molecule has 0 saturated carbocycles. The Morgan fingerprint density at radius 1 is 1.65 bits per heavy atom. The lowest BCUT2D eigenvalue weighted by molar-refractivity contribution is 0.405. The van der Waals surface area contributed by atoms with Crippen LogP contribution in [-0.4, -0.2) is 36.0 Å². The standard InChI is InChI=1S/C14H15ClN4O/c15-14-2-1-12-13(19-14)3-9(6-18-12)10(4-16)5-17-7-11-8-20-11/h1-6,11,14,16-17,19H,7-8H2/b10-5+,16-4?. The summed E-state index contributed by atoms with van der Waals surface area (Å²) in [6.07, 6.45) is 8.93. The third-order valence-electron chi connectivity index (χ3n) is 3.13. The van der Waals surface area contributed by atoms with Crippen molar-refractivity contribution in [1.82, 2.24) is 10.3 Å². The molecule has 5 nitrogen and oxygen atoms in total. The molecule has 0 bridgehead atoms. The highest BCUT2D eigenvalue weighted by Gasteiger charge is 2.21. The number of pyridine rings is 1. The van der Waals surface area contributed by atoms with Crippen molar-refractivity contribution >= 4 is 35.2 Å². The van der Waals surface area contributed by atoms with Gasteiger partial charge in [0.15, 0.2) is 0 Å². The average Bonchev–Trinajstić information content (AvgIpc) is 3.27. The highest BCUT2D eigenvalue weighted by atomic mass is 35.5. The first kappa shape index (κ1) is 13.1. The van der Waals surface area contributed by atoms with E-state index >= 15 is 0 Å². The molecule has 0 spiro atoms. The van der Waals surface area contributed by atoms with Gasteiger partial charge in [-0.15, -0.1) is 0 Å². The lowest BCUT2D eigenvalue weighted by atomic mass is 10.1. The van der Waals surface area contributed by atoms with Crippen molar-refractivity contribution in [3.63, 3.8) is 0 Å². The van der Waals surface area contributed by atoms with Crippen LogP contribution < -0.4 is 10.6 Å². The number of hydrogen-bond acceptors (Lipinski definition) is 5. The van der Waals surface area contributed by atoms with E-state index in [0.29, 0.717) is 6.10 Å². The van der Waals surface area contributed by atoms with Crippen LogP contribution in [0.5, 0.6) is 0 Å². The van der Waals surface area contributed by atoms with E-state index in [9.17, 15) is 0 Å². The molecule has 1 fully saturated rings. The van der Waals surface area contributed by atoms with E-state index in [1.54, 1.807) is 6.20 Å². The predicted octanol–water partition coefficient (Wildman–Crippen LogP) is 2.06. The van der Waals surface area contributed by atoms with Crippen LogP contribution in [0.25, 0.3) is 11.6 Å². The second kappa shape index (κ2) is 5.64. The molecular weight excluding hydrogens is 276 g/mol. The number of halogens is 1. The third-order valence-corrected chi connectivity index (χ3v) is 3.38. The Bertz CT molecular complexity index is 581. The summed E-state index contributed by atoms with van der Waals surface area (Å²) in [5.41, 5.74) is 3.15. The predicted molar refractivity (Wildman–Crippen MR) is 81.0 cm³/mol. The first-order chi connectivity index (χ1) is 9.76. The molecule has 0 aromatic carbocycles. The molecule has 6 heteroatoms. The minimum Gasteiger partial charge on any atom is -0.388 e. The van der Waals surface area contributed by atoms with E-state index in [-0.39, 0.29) is 5.50 Å². The molecule has 0 aliphatic carbocycles. The van der Waals surface area contributed by atoms with E-state index < -0.39 is 0 Å². The molecule has 20 heavy (non-hydrogen) atoms. The number of nitrogens with zero attached hydrogens (tertiary/aromatic N) is 1. The summed E-state index contributed by atoms with van der Waals surface area (Å²) in [6.45, 7) is 1.58.